The summed E-state index contributed by atoms with van der Waals surface area (Å²) in [5.74, 6) is -0.291. The molecule has 1 amide bonds. The third-order valence-corrected chi connectivity index (χ3v) is 4.02. The predicted molar refractivity (Wildman–Crippen MR) is 78.1 cm³/mol. The number of aromatic nitrogens is 2. The minimum Gasteiger partial charge on any atom is -0.368 e. The molecule has 0 bridgehead atoms. The van der Waals surface area contributed by atoms with Crippen molar-refractivity contribution in [1.82, 2.24) is 15.1 Å². The Kier molecular flexibility index (Phi) is 3.22. The average molecular weight is 272 g/mol. The second kappa shape index (κ2) is 4.90. The maximum Gasteiger partial charge on any atom is 0.237 e. The Morgan fingerprint density at radius 3 is 2.95 bits per heavy atom. The van der Waals surface area contributed by atoms with E-state index in [2.05, 4.69) is 10.4 Å². The van der Waals surface area contributed by atoms with Crippen molar-refractivity contribution < 1.29 is 4.79 Å². The van der Waals surface area contributed by atoms with E-state index < -0.39 is 5.54 Å². The molecule has 1 saturated carbocycles. The molecule has 1 aliphatic carbocycles. The molecular formula is C15H20N4O. The van der Waals surface area contributed by atoms with E-state index in [1.165, 1.54) is 0 Å². The summed E-state index contributed by atoms with van der Waals surface area (Å²) >= 11 is 0. The number of rotatable bonds is 6. The van der Waals surface area contributed by atoms with Crippen molar-refractivity contribution in [3.8, 4) is 0 Å². The Labute approximate surface area is 118 Å². The molecule has 1 aromatic carbocycles. The van der Waals surface area contributed by atoms with E-state index in [1.54, 1.807) is 0 Å². The van der Waals surface area contributed by atoms with Gasteiger partial charge in [-0.3, -0.25) is 9.48 Å². The van der Waals surface area contributed by atoms with Gasteiger partial charge in [-0.25, -0.2) is 0 Å². The van der Waals surface area contributed by atoms with Crippen LogP contribution in [-0.4, -0.2) is 27.3 Å². The van der Waals surface area contributed by atoms with Crippen LogP contribution in [0.15, 0.2) is 30.5 Å². The number of carbonyl (C=O) groups excluding carboxylic acids is 1. The Hall–Kier alpha value is -1.88. The summed E-state index contributed by atoms with van der Waals surface area (Å²) in [6, 6.07) is 8.52. The molecule has 3 N–H and O–H groups in total. The normalized spacial score (nSPS) is 18.1. The zero-order chi connectivity index (χ0) is 14.2. The largest absolute Gasteiger partial charge is 0.368 e. The molecule has 1 unspecified atom stereocenters. The highest BCUT2D eigenvalue weighted by atomic mass is 16.1. The fourth-order valence-electron chi connectivity index (χ4n) is 2.48. The number of para-hydroxylation sites is 1. The summed E-state index contributed by atoms with van der Waals surface area (Å²) in [5, 5.41) is 8.87. The van der Waals surface area contributed by atoms with Crippen molar-refractivity contribution in [2.24, 2.45) is 5.73 Å². The molecule has 1 aliphatic rings. The van der Waals surface area contributed by atoms with Gasteiger partial charge in [-0.2, -0.15) is 5.10 Å². The van der Waals surface area contributed by atoms with E-state index in [1.807, 2.05) is 42.1 Å². The van der Waals surface area contributed by atoms with E-state index in [9.17, 15) is 4.79 Å². The fraction of sp³-hybridized carbons (Fsp3) is 0.467. The summed E-state index contributed by atoms with van der Waals surface area (Å²) in [6.45, 7) is 2.56. The number of fused-ring (bicyclic) bond motifs is 1. The van der Waals surface area contributed by atoms with Crippen molar-refractivity contribution in [1.29, 1.82) is 0 Å². The number of hydrogen-bond donors (Lipinski definition) is 2. The van der Waals surface area contributed by atoms with Crippen LogP contribution in [0.25, 0.3) is 10.9 Å². The molecule has 106 valence electrons. The summed E-state index contributed by atoms with van der Waals surface area (Å²) in [4.78, 5) is 11.7. The van der Waals surface area contributed by atoms with Crippen molar-refractivity contribution in [2.75, 3.05) is 0 Å². The Bertz CT molecular complexity index is 632. The van der Waals surface area contributed by atoms with Gasteiger partial charge >= 0.3 is 0 Å². The van der Waals surface area contributed by atoms with Crippen LogP contribution in [-0.2, 0) is 11.3 Å². The molecule has 2 aromatic rings. The average Bonchev–Trinajstić information content (AvgIpc) is 3.14. The first kappa shape index (κ1) is 13.1. The lowest BCUT2D eigenvalue weighted by Crippen LogP contribution is -2.54. The monoisotopic (exact) mass is 272 g/mol. The smallest absolute Gasteiger partial charge is 0.237 e. The lowest BCUT2D eigenvalue weighted by molar-refractivity contribution is -0.124. The van der Waals surface area contributed by atoms with Gasteiger partial charge in [0.2, 0.25) is 5.91 Å². The van der Waals surface area contributed by atoms with Crippen LogP contribution in [0.2, 0.25) is 0 Å². The van der Waals surface area contributed by atoms with E-state index in [4.69, 9.17) is 5.73 Å². The highest BCUT2D eigenvalue weighted by molar-refractivity contribution is 5.84. The van der Waals surface area contributed by atoms with Gasteiger partial charge < -0.3 is 11.1 Å². The molecule has 1 aromatic heterocycles. The fourth-order valence-corrected chi connectivity index (χ4v) is 2.48. The maximum absolute atomic E-state index is 11.7. The number of nitrogens with one attached hydrogen (secondary N) is 1. The number of nitrogens with two attached hydrogens (primary N) is 1. The zero-order valence-electron chi connectivity index (χ0n) is 11.7. The number of hydrogen-bond acceptors (Lipinski definition) is 3. The molecule has 20 heavy (non-hydrogen) atoms. The van der Waals surface area contributed by atoms with Crippen molar-refractivity contribution >= 4 is 16.8 Å². The van der Waals surface area contributed by atoms with E-state index in [-0.39, 0.29) is 5.91 Å². The van der Waals surface area contributed by atoms with Crippen LogP contribution in [0.4, 0.5) is 0 Å². The second-order valence-electron chi connectivity index (χ2n) is 5.79. The topological polar surface area (TPSA) is 72.9 Å². The SMILES string of the molecule is CC(CCn1ncc2ccccc21)(NC1CC1)C(N)=O. The van der Waals surface area contributed by atoms with Crippen LogP contribution < -0.4 is 11.1 Å². The quantitative estimate of drug-likeness (QED) is 0.835. The molecule has 1 heterocycles. The van der Waals surface area contributed by atoms with E-state index in [0.29, 0.717) is 19.0 Å². The molecule has 3 rings (SSSR count). The number of aryl methyl sites for hydroxylation is 1. The van der Waals surface area contributed by atoms with Gasteiger partial charge in [-0.1, -0.05) is 18.2 Å². The first-order valence-corrected chi connectivity index (χ1v) is 7.07. The Morgan fingerprint density at radius 2 is 2.25 bits per heavy atom. The Balaban J connectivity index is 1.75. The first-order chi connectivity index (χ1) is 9.58. The lowest BCUT2D eigenvalue weighted by atomic mass is 9.96. The van der Waals surface area contributed by atoms with Gasteiger partial charge in [-0.05, 0) is 32.3 Å². The van der Waals surface area contributed by atoms with Gasteiger partial charge in [-0.15, -0.1) is 0 Å². The predicted octanol–water partition coefficient (Wildman–Crippen LogP) is 1.42. The number of nitrogens with zero attached hydrogens (tertiary/aromatic N) is 2. The van der Waals surface area contributed by atoms with Gasteiger partial charge in [0.15, 0.2) is 0 Å². The molecule has 5 nitrogen and oxygen atoms in total. The van der Waals surface area contributed by atoms with E-state index >= 15 is 0 Å². The van der Waals surface area contributed by atoms with Gasteiger partial charge in [0, 0.05) is 18.0 Å². The highest BCUT2D eigenvalue weighted by Gasteiger charge is 2.36. The van der Waals surface area contributed by atoms with Crippen molar-refractivity contribution in [3.63, 3.8) is 0 Å². The third-order valence-electron chi connectivity index (χ3n) is 4.02. The van der Waals surface area contributed by atoms with Crippen molar-refractivity contribution in [2.45, 2.75) is 44.3 Å². The number of amides is 1. The van der Waals surface area contributed by atoms with Crippen LogP contribution in [0, 0.1) is 0 Å². The minimum atomic E-state index is -0.659. The van der Waals surface area contributed by atoms with Gasteiger partial charge in [0.05, 0.1) is 17.3 Å². The van der Waals surface area contributed by atoms with Gasteiger partial charge in [0.1, 0.15) is 0 Å². The summed E-state index contributed by atoms with van der Waals surface area (Å²) in [6.07, 6.45) is 4.76. The number of benzene rings is 1. The second-order valence-corrected chi connectivity index (χ2v) is 5.79. The first-order valence-electron chi connectivity index (χ1n) is 7.07. The molecular weight excluding hydrogens is 252 g/mol. The zero-order valence-corrected chi connectivity index (χ0v) is 11.7. The van der Waals surface area contributed by atoms with Crippen molar-refractivity contribution in [3.05, 3.63) is 30.5 Å². The van der Waals surface area contributed by atoms with E-state index in [0.717, 1.165) is 23.7 Å². The molecule has 0 spiro atoms. The highest BCUT2D eigenvalue weighted by Crippen LogP contribution is 2.24. The minimum absolute atomic E-state index is 0.291. The summed E-state index contributed by atoms with van der Waals surface area (Å²) in [7, 11) is 0. The summed E-state index contributed by atoms with van der Waals surface area (Å²) in [5.41, 5.74) is 6.00. The molecule has 5 heteroatoms. The molecule has 1 atom stereocenters. The van der Waals surface area contributed by atoms with Crippen LogP contribution in [0.5, 0.6) is 0 Å². The number of carbonyl (C=O) groups is 1. The van der Waals surface area contributed by atoms with Crippen LogP contribution >= 0.6 is 0 Å². The maximum atomic E-state index is 11.7. The lowest BCUT2D eigenvalue weighted by Gasteiger charge is -2.27. The van der Waals surface area contributed by atoms with Gasteiger partial charge in [0.25, 0.3) is 0 Å². The summed E-state index contributed by atoms with van der Waals surface area (Å²) < 4.78 is 1.94. The standard InChI is InChI=1S/C15H20N4O/c1-15(14(16)20,18-12-6-7-12)8-9-19-13-5-3-2-4-11(13)10-17-19/h2-5,10,12,18H,6-9H2,1H3,(H2,16,20). The van der Waals surface area contributed by atoms with Crippen LogP contribution in [0.3, 0.4) is 0 Å². The molecule has 1 fully saturated rings. The molecule has 0 aliphatic heterocycles. The molecule has 0 saturated heterocycles. The third kappa shape index (κ3) is 2.54. The molecule has 0 radical (unpaired) electrons. The van der Waals surface area contributed by atoms with Crippen LogP contribution in [0.1, 0.15) is 26.2 Å². The number of primary amides is 1. The Morgan fingerprint density at radius 1 is 1.50 bits per heavy atom.